The van der Waals surface area contributed by atoms with E-state index in [1.165, 1.54) is 6.07 Å². The van der Waals surface area contributed by atoms with E-state index in [0.717, 1.165) is 50.9 Å². The topological polar surface area (TPSA) is 8.81 Å². The lowest BCUT2D eigenvalue weighted by Crippen LogP contribution is -2.51. The fraction of sp³-hybridized carbons (Fsp3) is 0.667. The third-order valence-corrected chi connectivity index (χ3v) is 6.98. The highest BCUT2D eigenvalue weighted by Gasteiger charge is 2.72. The molecule has 0 saturated heterocycles. The standard InChI is InChI=1S/C27H36ClF8N2/c1-20(2)24-37(17-18-38(24)19-21-22(28)13-12-14-23(21)29)16-11-9-7-5-3-4-6-8-10-15-25(30,31)26(32,33)27(34,35)36/h12-14,17-18,20H,3-11,15-16,19H2,1-2H3/q+1. The number of hydrogen-bond acceptors (Lipinski definition) is 0. The van der Waals surface area contributed by atoms with Crippen molar-refractivity contribution < 1.29 is 39.7 Å². The summed E-state index contributed by atoms with van der Waals surface area (Å²) < 4.78 is 107. The van der Waals surface area contributed by atoms with Crippen LogP contribution in [0.1, 0.15) is 95.4 Å². The lowest BCUT2D eigenvalue weighted by Gasteiger charge is -2.28. The number of aryl methyl sites for hydroxylation is 1. The Morgan fingerprint density at radius 1 is 0.842 bits per heavy atom. The molecule has 0 aliphatic rings. The summed E-state index contributed by atoms with van der Waals surface area (Å²) in [5.74, 6) is -10.2. The Morgan fingerprint density at radius 2 is 1.39 bits per heavy atom. The minimum atomic E-state index is -6.26. The summed E-state index contributed by atoms with van der Waals surface area (Å²) in [5.41, 5.74) is 0.451. The first kappa shape index (κ1) is 32.4. The molecular formula is C27H36ClF8N2+. The molecule has 38 heavy (non-hydrogen) atoms. The van der Waals surface area contributed by atoms with E-state index in [-0.39, 0.29) is 24.6 Å². The van der Waals surface area contributed by atoms with E-state index in [1.807, 2.05) is 17.0 Å². The second-order valence-electron chi connectivity index (χ2n) is 10.0. The molecule has 1 heterocycles. The number of benzene rings is 1. The van der Waals surface area contributed by atoms with E-state index < -0.39 is 24.4 Å². The molecule has 2 aromatic rings. The monoisotopic (exact) mass is 575 g/mol. The molecule has 0 saturated carbocycles. The molecule has 0 unspecified atom stereocenters. The molecule has 0 aliphatic carbocycles. The maximum atomic E-state index is 14.2. The summed E-state index contributed by atoms with van der Waals surface area (Å²) in [4.78, 5) is 0. The molecule has 0 aliphatic heterocycles. The van der Waals surface area contributed by atoms with Crippen molar-refractivity contribution in [2.45, 2.75) is 115 Å². The molecule has 0 amide bonds. The molecule has 0 fully saturated rings. The van der Waals surface area contributed by atoms with E-state index in [9.17, 15) is 35.1 Å². The Balaban J connectivity index is 1.66. The Kier molecular flexibility index (Phi) is 11.9. The van der Waals surface area contributed by atoms with Gasteiger partial charge in [-0.1, -0.05) is 70.0 Å². The Hall–Kier alpha value is -1.84. The molecule has 2 nitrogen and oxygen atoms in total. The Bertz CT molecular complexity index is 981. The van der Waals surface area contributed by atoms with Crippen LogP contribution < -0.4 is 4.57 Å². The van der Waals surface area contributed by atoms with Gasteiger partial charge in [0.05, 0.1) is 17.5 Å². The van der Waals surface area contributed by atoms with Crippen LogP contribution in [0.5, 0.6) is 0 Å². The maximum absolute atomic E-state index is 14.2. The summed E-state index contributed by atoms with van der Waals surface area (Å²) in [7, 11) is 0. The van der Waals surface area contributed by atoms with Crippen LogP contribution in [-0.4, -0.2) is 22.6 Å². The van der Waals surface area contributed by atoms with Crippen LogP contribution in [0.4, 0.5) is 35.1 Å². The SMILES string of the molecule is CC(C)c1n(CCCCCCCCCCCC(F)(F)C(F)(F)C(F)(F)F)cc[n+]1Cc1c(F)cccc1Cl. The molecular weight excluding hydrogens is 540 g/mol. The highest BCUT2D eigenvalue weighted by atomic mass is 35.5. The van der Waals surface area contributed by atoms with Gasteiger partial charge in [0, 0.05) is 12.0 Å². The van der Waals surface area contributed by atoms with Gasteiger partial charge in [-0.3, -0.25) is 0 Å². The normalized spacial score (nSPS) is 13.1. The molecule has 216 valence electrons. The molecule has 11 heteroatoms. The second kappa shape index (κ2) is 14.0. The number of alkyl halides is 7. The zero-order chi connectivity index (χ0) is 28.6. The van der Waals surface area contributed by atoms with Crippen LogP contribution in [0.2, 0.25) is 5.02 Å². The zero-order valence-corrected chi connectivity index (χ0v) is 22.5. The fourth-order valence-electron chi connectivity index (χ4n) is 4.55. The smallest absolute Gasteiger partial charge is 0.234 e. The van der Waals surface area contributed by atoms with Crippen LogP contribution in [0, 0.1) is 5.82 Å². The van der Waals surface area contributed by atoms with Crippen LogP contribution in [0.25, 0.3) is 0 Å². The number of imidazole rings is 1. The van der Waals surface area contributed by atoms with Gasteiger partial charge in [-0.25, -0.2) is 13.5 Å². The molecule has 0 spiro atoms. The van der Waals surface area contributed by atoms with Crippen molar-refractivity contribution in [2.24, 2.45) is 0 Å². The van der Waals surface area contributed by atoms with Gasteiger partial charge in [0.2, 0.25) is 0 Å². The van der Waals surface area contributed by atoms with E-state index in [1.54, 1.807) is 12.1 Å². The van der Waals surface area contributed by atoms with Gasteiger partial charge in [-0.05, 0) is 31.4 Å². The van der Waals surface area contributed by atoms with E-state index in [4.69, 9.17) is 11.6 Å². The molecule has 2 rings (SSSR count). The van der Waals surface area contributed by atoms with Crippen LogP contribution >= 0.6 is 11.6 Å². The minimum absolute atomic E-state index is 0.188. The number of rotatable bonds is 16. The first-order valence-electron chi connectivity index (χ1n) is 13.0. The Labute approximate surface area is 224 Å². The third-order valence-electron chi connectivity index (χ3n) is 6.63. The molecule has 0 atom stereocenters. The second-order valence-corrected chi connectivity index (χ2v) is 10.4. The molecule has 0 radical (unpaired) electrons. The summed E-state index contributed by atoms with van der Waals surface area (Å²) >= 11 is 6.19. The van der Waals surface area contributed by atoms with Gasteiger partial charge in [-0.2, -0.15) is 30.7 Å². The lowest BCUT2D eigenvalue weighted by molar-refractivity contribution is -0.696. The van der Waals surface area contributed by atoms with Gasteiger partial charge < -0.3 is 0 Å². The van der Waals surface area contributed by atoms with E-state index >= 15 is 0 Å². The summed E-state index contributed by atoms with van der Waals surface area (Å²) in [6.45, 7) is 5.30. The average Bonchev–Trinajstić information content (AvgIpc) is 3.21. The first-order valence-corrected chi connectivity index (χ1v) is 13.4. The minimum Gasteiger partial charge on any atom is -0.234 e. The average molecular weight is 576 g/mol. The third kappa shape index (κ3) is 8.58. The van der Waals surface area contributed by atoms with Crippen LogP contribution in [-0.2, 0) is 13.1 Å². The van der Waals surface area contributed by atoms with Gasteiger partial charge >= 0.3 is 18.0 Å². The van der Waals surface area contributed by atoms with Crippen molar-refractivity contribution in [3.8, 4) is 0 Å². The van der Waals surface area contributed by atoms with E-state index in [2.05, 4.69) is 18.4 Å². The predicted molar refractivity (Wildman–Crippen MR) is 131 cm³/mol. The number of halogens is 9. The van der Waals surface area contributed by atoms with Gasteiger partial charge in [0.1, 0.15) is 24.8 Å². The van der Waals surface area contributed by atoms with Crippen molar-refractivity contribution in [1.82, 2.24) is 4.57 Å². The van der Waals surface area contributed by atoms with Crippen LogP contribution in [0.3, 0.4) is 0 Å². The van der Waals surface area contributed by atoms with Crippen molar-refractivity contribution in [3.05, 3.63) is 52.8 Å². The van der Waals surface area contributed by atoms with Crippen molar-refractivity contribution in [1.29, 1.82) is 0 Å². The molecule has 1 aromatic carbocycles. The number of aromatic nitrogens is 2. The van der Waals surface area contributed by atoms with Gasteiger partial charge in [0.25, 0.3) is 5.82 Å². The predicted octanol–water partition coefficient (Wildman–Crippen LogP) is 9.47. The molecule has 1 aromatic heterocycles. The fourth-order valence-corrected chi connectivity index (χ4v) is 4.77. The van der Waals surface area contributed by atoms with E-state index in [0.29, 0.717) is 23.6 Å². The van der Waals surface area contributed by atoms with Crippen molar-refractivity contribution in [2.75, 3.05) is 0 Å². The lowest BCUT2D eigenvalue weighted by atomic mass is 10.0. The van der Waals surface area contributed by atoms with Crippen LogP contribution in [0.15, 0.2) is 30.6 Å². The Morgan fingerprint density at radius 3 is 1.92 bits per heavy atom. The number of unbranched alkanes of at least 4 members (excludes halogenated alkanes) is 8. The summed E-state index contributed by atoms with van der Waals surface area (Å²) in [6, 6.07) is 4.64. The first-order chi connectivity index (χ1) is 17.7. The number of hydrogen-bond donors (Lipinski definition) is 0. The van der Waals surface area contributed by atoms with Crippen molar-refractivity contribution in [3.63, 3.8) is 0 Å². The summed E-state index contributed by atoms with van der Waals surface area (Å²) in [6.07, 6.45) is 1.88. The highest BCUT2D eigenvalue weighted by molar-refractivity contribution is 6.31. The summed E-state index contributed by atoms with van der Waals surface area (Å²) in [5, 5.41) is 0.390. The molecule has 0 bridgehead atoms. The van der Waals surface area contributed by atoms with Gasteiger partial charge in [0.15, 0.2) is 0 Å². The zero-order valence-electron chi connectivity index (χ0n) is 21.7. The van der Waals surface area contributed by atoms with Gasteiger partial charge in [-0.15, -0.1) is 0 Å². The highest BCUT2D eigenvalue weighted by Crippen LogP contribution is 2.48. The number of nitrogens with zero attached hydrogens (tertiary/aromatic N) is 2. The van der Waals surface area contributed by atoms with Crippen molar-refractivity contribution >= 4 is 11.6 Å². The largest absolute Gasteiger partial charge is 0.459 e. The molecule has 0 N–H and O–H groups in total. The maximum Gasteiger partial charge on any atom is 0.459 e. The quantitative estimate of drug-likeness (QED) is 0.107.